The molecule has 0 amide bonds. The molecule has 0 saturated heterocycles. The van der Waals surface area contributed by atoms with Crippen molar-refractivity contribution in [2.24, 2.45) is 0 Å². The quantitative estimate of drug-likeness (QED) is 0.407. The number of Topliss-reactive ketones (excluding diaryl/α,β-unsaturated/α-hetero) is 1. The molecular formula is C23H25NO2S. The number of aryl methyl sites for hydroxylation is 3. The summed E-state index contributed by atoms with van der Waals surface area (Å²) < 4.78 is 7.36. The molecule has 0 atom stereocenters. The van der Waals surface area contributed by atoms with Crippen LogP contribution in [0.25, 0.3) is 5.69 Å². The largest absolute Gasteiger partial charge is 0.497 e. The lowest BCUT2D eigenvalue weighted by atomic mass is 10.2. The zero-order valence-corrected chi connectivity index (χ0v) is 17.3. The van der Waals surface area contributed by atoms with Gasteiger partial charge in [0.05, 0.1) is 12.9 Å². The predicted octanol–water partition coefficient (Wildman–Crippen LogP) is 5.69. The summed E-state index contributed by atoms with van der Waals surface area (Å²) in [4.78, 5) is 14.1. The first kappa shape index (κ1) is 19.3. The average molecular weight is 380 g/mol. The fourth-order valence-corrected chi connectivity index (χ4v) is 4.26. The number of methoxy groups -OCH3 is 1. The van der Waals surface area contributed by atoms with Crippen molar-refractivity contribution in [2.45, 2.75) is 32.6 Å². The van der Waals surface area contributed by atoms with Gasteiger partial charge >= 0.3 is 0 Å². The maximum atomic E-state index is 12.9. The van der Waals surface area contributed by atoms with Crippen LogP contribution in [0.5, 0.6) is 5.75 Å². The molecule has 140 valence electrons. The van der Waals surface area contributed by atoms with E-state index in [2.05, 4.69) is 36.6 Å². The Kier molecular flexibility index (Phi) is 5.76. The van der Waals surface area contributed by atoms with Gasteiger partial charge < -0.3 is 9.30 Å². The molecule has 0 N–H and O–H groups in total. The van der Waals surface area contributed by atoms with Gasteiger partial charge in [-0.2, -0.15) is 0 Å². The number of hydrogen-bond donors (Lipinski definition) is 0. The standard InChI is InChI=1S/C23H25NO2S/c1-15-6-7-16(2)23(12-15)27-14-22(25)21-13-17(3)24(18(21)4)19-8-10-20(26-5)11-9-19/h6-13H,14H2,1-5H3. The SMILES string of the molecule is COc1ccc(-n2c(C)cc(C(=O)CSc3cc(C)ccc3C)c2C)cc1. The Labute approximate surface area is 165 Å². The van der Waals surface area contributed by atoms with Crippen LogP contribution in [0.3, 0.4) is 0 Å². The summed E-state index contributed by atoms with van der Waals surface area (Å²) >= 11 is 1.61. The highest BCUT2D eigenvalue weighted by Gasteiger charge is 2.17. The number of aromatic nitrogens is 1. The van der Waals surface area contributed by atoms with E-state index < -0.39 is 0 Å². The number of thioether (sulfide) groups is 1. The van der Waals surface area contributed by atoms with Crippen LogP contribution in [0.2, 0.25) is 0 Å². The maximum Gasteiger partial charge on any atom is 0.174 e. The number of carbonyl (C=O) groups is 1. The number of ether oxygens (including phenoxy) is 1. The van der Waals surface area contributed by atoms with E-state index >= 15 is 0 Å². The molecule has 1 heterocycles. The van der Waals surface area contributed by atoms with Crippen LogP contribution < -0.4 is 4.74 Å². The van der Waals surface area contributed by atoms with Gasteiger partial charge in [0.15, 0.2) is 5.78 Å². The molecule has 3 nitrogen and oxygen atoms in total. The van der Waals surface area contributed by atoms with Crippen LogP contribution in [0, 0.1) is 27.7 Å². The lowest BCUT2D eigenvalue weighted by Gasteiger charge is -2.11. The Balaban J connectivity index is 1.82. The lowest BCUT2D eigenvalue weighted by molar-refractivity contribution is 0.102. The summed E-state index contributed by atoms with van der Waals surface area (Å²) in [5.41, 5.74) is 6.28. The third-order valence-corrected chi connectivity index (χ3v) is 5.92. The third kappa shape index (κ3) is 4.11. The van der Waals surface area contributed by atoms with Gasteiger partial charge in [-0.05, 0) is 69.7 Å². The number of ketones is 1. The Bertz CT molecular complexity index is 971. The molecule has 2 aromatic carbocycles. The fourth-order valence-electron chi connectivity index (χ4n) is 3.26. The van der Waals surface area contributed by atoms with E-state index in [1.54, 1.807) is 18.9 Å². The summed E-state index contributed by atoms with van der Waals surface area (Å²) in [7, 11) is 1.66. The van der Waals surface area contributed by atoms with Gasteiger partial charge in [0.25, 0.3) is 0 Å². The highest BCUT2D eigenvalue weighted by molar-refractivity contribution is 8.00. The van der Waals surface area contributed by atoms with Gasteiger partial charge in [0.2, 0.25) is 0 Å². The van der Waals surface area contributed by atoms with Gasteiger partial charge in [-0.1, -0.05) is 17.7 Å². The van der Waals surface area contributed by atoms with Crippen molar-refractivity contribution in [3.05, 3.63) is 76.6 Å². The molecule has 4 heteroatoms. The highest BCUT2D eigenvalue weighted by Crippen LogP contribution is 2.27. The summed E-state index contributed by atoms with van der Waals surface area (Å²) in [6, 6.07) is 16.2. The van der Waals surface area contributed by atoms with Gasteiger partial charge in [-0.3, -0.25) is 4.79 Å². The topological polar surface area (TPSA) is 31.2 Å². The van der Waals surface area contributed by atoms with E-state index in [9.17, 15) is 4.79 Å². The van der Waals surface area contributed by atoms with Crippen molar-refractivity contribution in [3.8, 4) is 11.4 Å². The average Bonchev–Trinajstić information content (AvgIpc) is 2.96. The van der Waals surface area contributed by atoms with E-state index in [0.29, 0.717) is 5.75 Å². The Hall–Kier alpha value is -2.46. The molecule has 0 saturated carbocycles. The minimum Gasteiger partial charge on any atom is -0.497 e. The zero-order chi connectivity index (χ0) is 19.6. The van der Waals surface area contributed by atoms with Crippen molar-refractivity contribution in [2.75, 3.05) is 12.9 Å². The van der Waals surface area contributed by atoms with Crippen molar-refractivity contribution >= 4 is 17.5 Å². The van der Waals surface area contributed by atoms with Gasteiger partial charge in [-0.25, -0.2) is 0 Å². The van der Waals surface area contributed by atoms with E-state index in [4.69, 9.17) is 4.74 Å². The third-order valence-electron chi connectivity index (χ3n) is 4.76. The lowest BCUT2D eigenvalue weighted by Crippen LogP contribution is -2.05. The molecule has 0 unspecified atom stereocenters. The van der Waals surface area contributed by atoms with Crippen molar-refractivity contribution < 1.29 is 9.53 Å². The van der Waals surface area contributed by atoms with Gasteiger partial charge in [0.1, 0.15) is 5.75 Å². The zero-order valence-electron chi connectivity index (χ0n) is 16.5. The number of rotatable bonds is 6. The van der Waals surface area contributed by atoms with Crippen LogP contribution >= 0.6 is 11.8 Å². The molecule has 0 aliphatic rings. The minimum absolute atomic E-state index is 0.161. The molecule has 3 rings (SSSR count). The smallest absolute Gasteiger partial charge is 0.174 e. The number of hydrogen-bond acceptors (Lipinski definition) is 3. The Morgan fingerprint density at radius 2 is 1.70 bits per heavy atom. The highest BCUT2D eigenvalue weighted by atomic mass is 32.2. The first-order valence-electron chi connectivity index (χ1n) is 8.97. The van der Waals surface area contributed by atoms with Crippen LogP contribution in [-0.4, -0.2) is 23.2 Å². The summed E-state index contributed by atoms with van der Waals surface area (Å²) in [5, 5.41) is 0. The normalized spacial score (nSPS) is 10.9. The molecular weight excluding hydrogens is 354 g/mol. The predicted molar refractivity (Wildman–Crippen MR) is 113 cm³/mol. The van der Waals surface area contributed by atoms with Gasteiger partial charge in [0, 0.05) is 27.5 Å². The van der Waals surface area contributed by atoms with Crippen molar-refractivity contribution in [1.82, 2.24) is 4.57 Å². The van der Waals surface area contributed by atoms with Crippen molar-refractivity contribution in [3.63, 3.8) is 0 Å². The van der Waals surface area contributed by atoms with Crippen LogP contribution in [0.15, 0.2) is 53.4 Å². The molecule has 0 radical (unpaired) electrons. The first-order chi connectivity index (χ1) is 12.9. The van der Waals surface area contributed by atoms with Crippen LogP contribution in [0.4, 0.5) is 0 Å². The molecule has 0 aliphatic carbocycles. The molecule has 3 aromatic rings. The van der Waals surface area contributed by atoms with Gasteiger partial charge in [-0.15, -0.1) is 11.8 Å². The molecule has 0 spiro atoms. The summed E-state index contributed by atoms with van der Waals surface area (Å²) in [5.74, 6) is 1.42. The molecule has 0 aliphatic heterocycles. The summed E-state index contributed by atoms with van der Waals surface area (Å²) in [6.07, 6.45) is 0. The fraction of sp³-hybridized carbons (Fsp3) is 0.261. The van der Waals surface area contributed by atoms with E-state index in [-0.39, 0.29) is 5.78 Å². The molecule has 1 aromatic heterocycles. The Morgan fingerprint density at radius 3 is 2.37 bits per heavy atom. The number of carbonyl (C=O) groups excluding carboxylic acids is 1. The van der Waals surface area contributed by atoms with Crippen LogP contribution in [-0.2, 0) is 0 Å². The molecule has 0 fully saturated rings. The second-order valence-electron chi connectivity index (χ2n) is 6.80. The molecule has 27 heavy (non-hydrogen) atoms. The van der Waals surface area contributed by atoms with Crippen molar-refractivity contribution in [1.29, 1.82) is 0 Å². The molecule has 0 bridgehead atoms. The second kappa shape index (κ2) is 8.05. The monoisotopic (exact) mass is 379 g/mol. The number of nitrogens with zero attached hydrogens (tertiary/aromatic N) is 1. The Morgan fingerprint density at radius 1 is 1.00 bits per heavy atom. The van der Waals surface area contributed by atoms with Crippen LogP contribution in [0.1, 0.15) is 32.9 Å². The summed E-state index contributed by atoms with van der Waals surface area (Å²) in [6.45, 7) is 8.20. The van der Waals surface area contributed by atoms with E-state index in [1.807, 2.05) is 44.2 Å². The minimum atomic E-state index is 0.161. The maximum absolute atomic E-state index is 12.9. The number of benzene rings is 2. The van der Waals surface area contributed by atoms with E-state index in [0.717, 1.165) is 28.4 Å². The second-order valence-corrected chi connectivity index (χ2v) is 7.82. The van der Waals surface area contributed by atoms with E-state index in [1.165, 1.54) is 16.0 Å². The first-order valence-corrected chi connectivity index (χ1v) is 9.96.